The first-order chi connectivity index (χ1) is 11.2. The van der Waals surface area contributed by atoms with Crippen molar-refractivity contribution in [2.24, 2.45) is 0 Å². The number of carboxylic acid groups (broad SMARTS) is 1. The lowest BCUT2D eigenvalue weighted by molar-refractivity contribution is 0.0696. The van der Waals surface area contributed by atoms with Crippen LogP contribution in [0.1, 0.15) is 34.8 Å². The zero-order chi connectivity index (χ0) is 16.1. The van der Waals surface area contributed by atoms with Crippen LogP contribution in [0.15, 0.2) is 41.1 Å². The van der Waals surface area contributed by atoms with Crippen LogP contribution in [0.2, 0.25) is 0 Å². The molecule has 1 aromatic heterocycles. The molecule has 6 nitrogen and oxygen atoms in total. The monoisotopic (exact) mass is 316 g/mol. The number of hydrogen-bond donors (Lipinski definition) is 1. The third-order valence-electron chi connectivity index (χ3n) is 4.22. The lowest BCUT2D eigenvalue weighted by Crippen LogP contribution is -2.35. The van der Waals surface area contributed by atoms with Gasteiger partial charge in [0.05, 0.1) is 11.3 Å². The molecule has 2 heterocycles. The first-order valence-corrected chi connectivity index (χ1v) is 7.81. The summed E-state index contributed by atoms with van der Waals surface area (Å²) in [5, 5.41) is 13.0. The van der Waals surface area contributed by atoms with E-state index in [1.54, 1.807) is 30.5 Å². The maximum Gasteiger partial charge on any atom is 0.335 e. The molecule has 6 heteroatoms. The Hall–Kier alpha value is -2.34. The van der Waals surface area contributed by atoms with E-state index in [0.717, 1.165) is 38.2 Å². The van der Waals surface area contributed by atoms with Gasteiger partial charge in [-0.15, -0.1) is 0 Å². The molecule has 23 heavy (non-hydrogen) atoms. The van der Waals surface area contributed by atoms with Crippen molar-refractivity contribution >= 4 is 5.97 Å². The number of carboxylic acids is 1. The van der Waals surface area contributed by atoms with Crippen molar-refractivity contribution in [2.45, 2.75) is 18.8 Å². The highest BCUT2D eigenvalue weighted by Gasteiger charge is 2.22. The van der Waals surface area contributed by atoms with Gasteiger partial charge in [-0.05, 0) is 44.1 Å². The molecular formula is C17H20N2O4. The molecule has 3 rings (SSSR count). The van der Waals surface area contributed by atoms with Crippen LogP contribution in [0.3, 0.4) is 0 Å². The fourth-order valence-electron chi connectivity index (χ4n) is 2.90. The van der Waals surface area contributed by atoms with Gasteiger partial charge in [0.15, 0.2) is 0 Å². The Kier molecular flexibility index (Phi) is 4.92. The van der Waals surface area contributed by atoms with Gasteiger partial charge in [0.25, 0.3) is 0 Å². The van der Waals surface area contributed by atoms with E-state index in [4.69, 9.17) is 14.4 Å². The van der Waals surface area contributed by atoms with Crippen LogP contribution in [-0.4, -0.2) is 47.4 Å². The number of nitrogens with zero attached hydrogens (tertiary/aromatic N) is 2. The minimum Gasteiger partial charge on any atom is -0.492 e. The Balaban J connectivity index is 1.42. The smallest absolute Gasteiger partial charge is 0.335 e. The van der Waals surface area contributed by atoms with Crippen molar-refractivity contribution in [1.29, 1.82) is 0 Å². The van der Waals surface area contributed by atoms with Gasteiger partial charge in [-0.1, -0.05) is 11.2 Å². The van der Waals surface area contributed by atoms with E-state index in [1.165, 1.54) is 0 Å². The summed E-state index contributed by atoms with van der Waals surface area (Å²) in [5.74, 6) is 0.144. The number of carbonyl (C=O) groups is 1. The van der Waals surface area contributed by atoms with Crippen molar-refractivity contribution in [3.05, 3.63) is 47.9 Å². The number of ether oxygens (including phenoxy) is 1. The van der Waals surface area contributed by atoms with Gasteiger partial charge in [-0.2, -0.15) is 0 Å². The van der Waals surface area contributed by atoms with E-state index in [0.29, 0.717) is 18.3 Å². The molecule has 0 radical (unpaired) electrons. The fraction of sp³-hybridized carbons (Fsp3) is 0.412. The standard InChI is InChI=1S/C17H20N2O4/c20-17(21)14-2-1-3-15(12-14)22-11-9-19-7-4-13(5-8-19)16-6-10-23-18-16/h1-3,6,10,12-13H,4-5,7-9,11H2,(H,20,21). The van der Waals surface area contributed by atoms with Crippen LogP contribution in [0.5, 0.6) is 5.75 Å². The van der Waals surface area contributed by atoms with Gasteiger partial charge >= 0.3 is 5.97 Å². The van der Waals surface area contributed by atoms with Crippen molar-refractivity contribution in [3.63, 3.8) is 0 Å². The Morgan fingerprint density at radius 1 is 1.35 bits per heavy atom. The minimum absolute atomic E-state index is 0.246. The van der Waals surface area contributed by atoms with Gasteiger partial charge in [0, 0.05) is 18.5 Å². The molecule has 1 saturated heterocycles. The zero-order valence-corrected chi connectivity index (χ0v) is 12.9. The summed E-state index contributed by atoms with van der Waals surface area (Å²) in [4.78, 5) is 13.3. The van der Waals surface area contributed by atoms with Gasteiger partial charge in [0.2, 0.25) is 0 Å². The van der Waals surface area contributed by atoms with E-state index in [1.807, 2.05) is 6.07 Å². The molecule has 1 N–H and O–H groups in total. The fourth-order valence-corrected chi connectivity index (χ4v) is 2.90. The molecule has 0 spiro atoms. The molecule has 2 aromatic rings. The minimum atomic E-state index is -0.939. The van der Waals surface area contributed by atoms with Crippen LogP contribution in [0.25, 0.3) is 0 Å². The molecule has 0 saturated carbocycles. The average Bonchev–Trinajstić information content (AvgIpc) is 3.10. The Bertz CT molecular complexity index is 634. The lowest BCUT2D eigenvalue weighted by atomic mass is 9.94. The number of aromatic carboxylic acids is 1. The van der Waals surface area contributed by atoms with Crippen LogP contribution in [-0.2, 0) is 0 Å². The number of aromatic nitrogens is 1. The van der Waals surface area contributed by atoms with Gasteiger partial charge in [-0.25, -0.2) is 4.79 Å². The number of piperidine rings is 1. The summed E-state index contributed by atoms with van der Waals surface area (Å²) in [6.45, 7) is 3.41. The number of likely N-dealkylation sites (tertiary alicyclic amines) is 1. The molecule has 1 fully saturated rings. The van der Waals surface area contributed by atoms with Crippen molar-refractivity contribution < 1.29 is 19.2 Å². The third-order valence-corrected chi connectivity index (χ3v) is 4.22. The Morgan fingerprint density at radius 2 is 2.17 bits per heavy atom. The van der Waals surface area contributed by atoms with Crippen molar-refractivity contribution in [3.8, 4) is 5.75 Å². The summed E-state index contributed by atoms with van der Waals surface area (Å²) in [7, 11) is 0. The molecule has 1 aromatic carbocycles. The van der Waals surface area contributed by atoms with Gasteiger partial charge < -0.3 is 14.4 Å². The van der Waals surface area contributed by atoms with E-state index >= 15 is 0 Å². The summed E-state index contributed by atoms with van der Waals surface area (Å²) in [6.07, 6.45) is 3.77. The molecule has 0 amide bonds. The second kappa shape index (κ2) is 7.28. The van der Waals surface area contributed by atoms with Gasteiger partial charge in [0.1, 0.15) is 18.6 Å². The highest BCUT2D eigenvalue weighted by Crippen LogP contribution is 2.26. The maximum atomic E-state index is 10.9. The van der Waals surface area contributed by atoms with Crippen LogP contribution in [0, 0.1) is 0 Å². The van der Waals surface area contributed by atoms with E-state index in [-0.39, 0.29) is 5.56 Å². The second-order valence-corrected chi connectivity index (χ2v) is 5.72. The van der Waals surface area contributed by atoms with Crippen LogP contribution in [0.4, 0.5) is 0 Å². The number of rotatable bonds is 6. The van der Waals surface area contributed by atoms with Crippen LogP contribution >= 0.6 is 0 Å². The van der Waals surface area contributed by atoms with E-state index in [2.05, 4.69) is 10.1 Å². The third kappa shape index (κ3) is 4.10. The average molecular weight is 316 g/mol. The molecule has 1 aliphatic rings. The topological polar surface area (TPSA) is 75.8 Å². The molecular weight excluding hydrogens is 296 g/mol. The quantitative estimate of drug-likeness (QED) is 0.883. The second-order valence-electron chi connectivity index (χ2n) is 5.72. The lowest BCUT2D eigenvalue weighted by Gasteiger charge is -2.30. The first kappa shape index (κ1) is 15.6. The van der Waals surface area contributed by atoms with Crippen molar-refractivity contribution in [1.82, 2.24) is 10.1 Å². The predicted octanol–water partition coefficient (Wildman–Crippen LogP) is 2.63. The highest BCUT2D eigenvalue weighted by molar-refractivity contribution is 5.87. The molecule has 1 aliphatic heterocycles. The molecule has 0 atom stereocenters. The van der Waals surface area contributed by atoms with E-state index < -0.39 is 5.97 Å². The normalized spacial score (nSPS) is 16.3. The molecule has 0 bridgehead atoms. The summed E-state index contributed by atoms with van der Waals surface area (Å²) in [6, 6.07) is 8.54. The summed E-state index contributed by atoms with van der Waals surface area (Å²) in [5.41, 5.74) is 1.29. The molecule has 0 unspecified atom stereocenters. The SMILES string of the molecule is O=C(O)c1cccc(OCCN2CCC(c3ccon3)CC2)c1. The number of benzene rings is 1. The van der Waals surface area contributed by atoms with Gasteiger partial charge in [-0.3, -0.25) is 4.90 Å². The molecule has 122 valence electrons. The largest absolute Gasteiger partial charge is 0.492 e. The predicted molar refractivity (Wildman–Crippen MR) is 83.8 cm³/mol. The first-order valence-electron chi connectivity index (χ1n) is 7.81. The zero-order valence-electron chi connectivity index (χ0n) is 12.9. The molecule has 0 aliphatic carbocycles. The highest BCUT2D eigenvalue weighted by atomic mass is 16.5. The van der Waals surface area contributed by atoms with E-state index in [9.17, 15) is 4.79 Å². The summed E-state index contributed by atoms with van der Waals surface area (Å²) < 4.78 is 10.6. The Labute approximate surface area is 134 Å². The Morgan fingerprint density at radius 3 is 2.87 bits per heavy atom. The summed E-state index contributed by atoms with van der Waals surface area (Å²) >= 11 is 0. The maximum absolute atomic E-state index is 10.9. The van der Waals surface area contributed by atoms with Crippen LogP contribution < -0.4 is 4.74 Å². The number of hydrogen-bond acceptors (Lipinski definition) is 5. The van der Waals surface area contributed by atoms with Crippen molar-refractivity contribution in [2.75, 3.05) is 26.2 Å².